The van der Waals surface area contributed by atoms with Crippen molar-refractivity contribution in [1.82, 2.24) is 5.06 Å². The molecular weight excluding hydrogens is 249 g/mol. The summed E-state index contributed by atoms with van der Waals surface area (Å²) in [6.07, 6.45) is 0. The minimum Gasteiger partial charge on any atom is -0.364 e. The quantitative estimate of drug-likeness (QED) is 0.779. The predicted octanol–water partition coefficient (Wildman–Crippen LogP) is 3.41. The SMILES string of the molecule is CCN(CC)OC(=O)c1c(Cl)cccc1Cl. The molecule has 16 heavy (non-hydrogen) atoms. The lowest BCUT2D eigenvalue weighted by molar-refractivity contribution is -0.103. The van der Waals surface area contributed by atoms with Crippen LogP contribution in [0.25, 0.3) is 0 Å². The van der Waals surface area contributed by atoms with E-state index in [1.54, 1.807) is 18.2 Å². The Morgan fingerprint density at radius 1 is 1.25 bits per heavy atom. The van der Waals surface area contributed by atoms with Crippen LogP contribution in [0.5, 0.6) is 0 Å². The van der Waals surface area contributed by atoms with Crippen LogP contribution in [-0.2, 0) is 4.84 Å². The van der Waals surface area contributed by atoms with E-state index in [1.807, 2.05) is 13.8 Å². The number of halogens is 2. The van der Waals surface area contributed by atoms with Crippen molar-refractivity contribution in [3.63, 3.8) is 0 Å². The molecule has 0 aromatic heterocycles. The fraction of sp³-hybridized carbons (Fsp3) is 0.364. The number of carbonyl (C=O) groups is 1. The number of carbonyl (C=O) groups excluding carboxylic acids is 1. The van der Waals surface area contributed by atoms with Gasteiger partial charge in [-0.1, -0.05) is 29.3 Å². The molecule has 0 fully saturated rings. The van der Waals surface area contributed by atoms with Gasteiger partial charge in [-0.15, -0.1) is 5.06 Å². The Labute approximate surface area is 105 Å². The monoisotopic (exact) mass is 261 g/mol. The van der Waals surface area contributed by atoms with Crippen LogP contribution in [-0.4, -0.2) is 24.1 Å². The minimum atomic E-state index is -0.528. The van der Waals surface area contributed by atoms with Gasteiger partial charge in [-0.2, -0.15) is 0 Å². The number of rotatable bonds is 4. The zero-order valence-electron chi connectivity index (χ0n) is 9.17. The van der Waals surface area contributed by atoms with Crippen molar-refractivity contribution >= 4 is 29.2 Å². The maximum absolute atomic E-state index is 11.8. The van der Waals surface area contributed by atoms with Crippen LogP contribution in [0, 0.1) is 0 Å². The second-order valence-electron chi connectivity index (χ2n) is 3.09. The first kappa shape index (κ1) is 13.3. The highest BCUT2D eigenvalue weighted by Crippen LogP contribution is 2.25. The normalized spacial score (nSPS) is 10.6. The number of hydroxylamine groups is 2. The zero-order valence-corrected chi connectivity index (χ0v) is 10.7. The predicted molar refractivity (Wildman–Crippen MR) is 64.8 cm³/mol. The highest BCUT2D eigenvalue weighted by Gasteiger charge is 2.18. The van der Waals surface area contributed by atoms with Crippen LogP contribution in [0.3, 0.4) is 0 Å². The summed E-state index contributed by atoms with van der Waals surface area (Å²) in [7, 11) is 0. The molecule has 0 saturated heterocycles. The van der Waals surface area contributed by atoms with Crippen LogP contribution in [0.1, 0.15) is 24.2 Å². The summed E-state index contributed by atoms with van der Waals surface area (Å²) in [5.41, 5.74) is 0.206. The molecule has 5 heteroatoms. The maximum Gasteiger partial charge on any atom is 0.360 e. The topological polar surface area (TPSA) is 29.5 Å². The average molecular weight is 262 g/mol. The molecule has 1 aromatic rings. The molecule has 0 aliphatic heterocycles. The fourth-order valence-corrected chi connectivity index (χ4v) is 1.76. The van der Waals surface area contributed by atoms with Gasteiger partial charge in [0.15, 0.2) is 0 Å². The van der Waals surface area contributed by atoms with Crippen LogP contribution >= 0.6 is 23.2 Å². The molecule has 0 aliphatic carbocycles. The number of benzene rings is 1. The molecular formula is C11H13Cl2NO2. The van der Waals surface area contributed by atoms with Crippen LogP contribution < -0.4 is 0 Å². The van der Waals surface area contributed by atoms with Gasteiger partial charge in [0.25, 0.3) is 0 Å². The van der Waals surface area contributed by atoms with Crippen LogP contribution in [0.15, 0.2) is 18.2 Å². The molecule has 0 saturated carbocycles. The first-order valence-electron chi connectivity index (χ1n) is 5.01. The van der Waals surface area contributed by atoms with Gasteiger partial charge >= 0.3 is 5.97 Å². The van der Waals surface area contributed by atoms with E-state index >= 15 is 0 Å². The van der Waals surface area contributed by atoms with E-state index in [-0.39, 0.29) is 5.56 Å². The third-order valence-electron chi connectivity index (χ3n) is 2.08. The first-order valence-corrected chi connectivity index (χ1v) is 5.77. The molecule has 0 atom stereocenters. The molecule has 1 rings (SSSR count). The second kappa shape index (κ2) is 6.09. The van der Waals surface area contributed by atoms with Gasteiger partial charge in [-0.3, -0.25) is 0 Å². The summed E-state index contributed by atoms with van der Waals surface area (Å²) in [6, 6.07) is 4.89. The van der Waals surface area contributed by atoms with Crippen LogP contribution in [0.2, 0.25) is 10.0 Å². The summed E-state index contributed by atoms with van der Waals surface area (Å²) in [5.74, 6) is -0.528. The standard InChI is InChI=1S/C11H13Cl2NO2/c1-3-14(4-2)16-11(15)10-8(12)6-5-7-9(10)13/h5-7H,3-4H2,1-2H3. The van der Waals surface area contributed by atoms with Gasteiger partial charge in [0.05, 0.1) is 15.6 Å². The first-order chi connectivity index (χ1) is 7.60. The Balaban J connectivity index is 2.88. The third-order valence-corrected chi connectivity index (χ3v) is 2.71. The van der Waals surface area contributed by atoms with E-state index in [4.69, 9.17) is 28.0 Å². The average Bonchev–Trinajstić information content (AvgIpc) is 2.25. The van der Waals surface area contributed by atoms with Crippen molar-refractivity contribution in [1.29, 1.82) is 0 Å². The van der Waals surface area contributed by atoms with Crippen LogP contribution in [0.4, 0.5) is 0 Å². The van der Waals surface area contributed by atoms with E-state index in [9.17, 15) is 4.79 Å². The number of hydrogen-bond acceptors (Lipinski definition) is 3. The Hall–Kier alpha value is -0.770. The minimum absolute atomic E-state index is 0.206. The molecule has 0 heterocycles. The zero-order chi connectivity index (χ0) is 12.1. The van der Waals surface area contributed by atoms with Gasteiger partial charge in [0.2, 0.25) is 0 Å². The summed E-state index contributed by atoms with van der Waals surface area (Å²) in [5, 5.41) is 2.12. The van der Waals surface area contributed by atoms with Crippen molar-refractivity contribution in [3.05, 3.63) is 33.8 Å². The van der Waals surface area contributed by atoms with Gasteiger partial charge in [-0.25, -0.2) is 4.79 Å². The number of hydrogen-bond donors (Lipinski definition) is 0. The highest BCUT2D eigenvalue weighted by molar-refractivity contribution is 6.39. The largest absolute Gasteiger partial charge is 0.364 e. The molecule has 88 valence electrons. The van der Waals surface area contributed by atoms with E-state index in [0.29, 0.717) is 23.1 Å². The van der Waals surface area contributed by atoms with Crippen molar-refractivity contribution in [2.45, 2.75) is 13.8 Å². The van der Waals surface area contributed by atoms with E-state index in [1.165, 1.54) is 5.06 Å². The van der Waals surface area contributed by atoms with Gasteiger partial charge in [0, 0.05) is 13.1 Å². The molecule has 0 unspecified atom stereocenters. The van der Waals surface area contributed by atoms with Crippen molar-refractivity contribution in [3.8, 4) is 0 Å². The molecule has 0 radical (unpaired) electrons. The Bertz CT molecular complexity index is 358. The molecule has 3 nitrogen and oxygen atoms in total. The molecule has 0 spiro atoms. The molecule has 0 bridgehead atoms. The summed E-state index contributed by atoms with van der Waals surface area (Å²) in [6.45, 7) is 5.02. The second-order valence-corrected chi connectivity index (χ2v) is 3.90. The molecule has 0 N–H and O–H groups in total. The number of nitrogens with zero attached hydrogens (tertiary/aromatic N) is 1. The fourth-order valence-electron chi connectivity index (χ4n) is 1.21. The maximum atomic E-state index is 11.8. The van der Waals surface area contributed by atoms with Crippen molar-refractivity contribution in [2.24, 2.45) is 0 Å². The van der Waals surface area contributed by atoms with Crippen molar-refractivity contribution in [2.75, 3.05) is 13.1 Å². The Kier molecular flexibility index (Phi) is 5.06. The molecule has 0 amide bonds. The summed E-state index contributed by atoms with van der Waals surface area (Å²) in [4.78, 5) is 16.9. The Morgan fingerprint density at radius 2 is 1.75 bits per heavy atom. The smallest absolute Gasteiger partial charge is 0.360 e. The lowest BCUT2D eigenvalue weighted by Gasteiger charge is -2.17. The molecule has 0 aliphatic rings. The van der Waals surface area contributed by atoms with Gasteiger partial charge in [-0.05, 0) is 26.0 Å². The summed E-state index contributed by atoms with van der Waals surface area (Å²) >= 11 is 11.8. The van der Waals surface area contributed by atoms with Gasteiger partial charge < -0.3 is 4.84 Å². The van der Waals surface area contributed by atoms with E-state index < -0.39 is 5.97 Å². The highest BCUT2D eigenvalue weighted by atomic mass is 35.5. The third kappa shape index (κ3) is 3.11. The van der Waals surface area contributed by atoms with E-state index in [2.05, 4.69) is 0 Å². The lowest BCUT2D eigenvalue weighted by Crippen LogP contribution is -2.27. The van der Waals surface area contributed by atoms with Crippen molar-refractivity contribution < 1.29 is 9.63 Å². The lowest BCUT2D eigenvalue weighted by atomic mass is 10.2. The van der Waals surface area contributed by atoms with Gasteiger partial charge in [0.1, 0.15) is 0 Å². The Morgan fingerprint density at radius 3 is 2.19 bits per heavy atom. The molecule has 1 aromatic carbocycles. The van der Waals surface area contributed by atoms with E-state index in [0.717, 1.165) is 0 Å². The summed E-state index contributed by atoms with van der Waals surface area (Å²) < 4.78 is 0.